The molecule has 0 aromatic carbocycles. The molecule has 1 aliphatic rings. The predicted octanol–water partition coefficient (Wildman–Crippen LogP) is 4.62. The van der Waals surface area contributed by atoms with Gasteiger partial charge in [0, 0.05) is 54.5 Å². The molecule has 3 N–H and O–H groups in total. The molecule has 0 bridgehead atoms. The first kappa shape index (κ1) is 23.1. The number of aryl methyl sites for hydroxylation is 1. The van der Waals surface area contributed by atoms with Crippen molar-refractivity contribution in [3.63, 3.8) is 0 Å². The largest absolute Gasteiger partial charge is 0.386 e. The van der Waals surface area contributed by atoms with E-state index in [4.69, 9.17) is 10.2 Å². The van der Waals surface area contributed by atoms with Crippen molar-refractivity contribution in [2.24, 2.45) is 5.92 Å². The molecule has 1 saturated heterocycles. The molecule has 3 unspecified atom stereocenters. The number of aliphatic hydroxyl groups excluding tert-OH is 1. The van der Waals surface area contributed by atoms with E-state index in [0.29, 0.717) is 35.8 Å². The van der Waals surface area contributed by atoms with Crippen LogP contribution in [0.4, 0.5) is 11.6 Å². The summed E-state index contributed by atoms with van der Waals surface area (Å²) in [5, 5.41) is 32.0. The van der Waals surface area contributed by atoms with Gasteiger partial charge in [-0.05, 0) is 50.7 Å². The third kappa shape index (κ3) is 5.00. The van der Waals surface area contributed by atoms with Crippen LogP contribution < -0.4 is 5.32 Å². The number of nitriles is 1. The Morgan fingerprint density at radius 3 is 2.64 bits per heavy atom. The molecule has 0 aliphatic carbocycles. The van der Waals surface area contributed by atoms with Crippen LogP contribution in [-0.4, -0.2) is 48.8 Å². The lowest BCUT2D eigenvalue weighted by molar-refractivity contribution is -0.00691. The highest BCUT2D eigenvalue weighted by molar-refractivity contribution is 5.84. The Labute approximate surface area is 195 Å². The van der Waals surface area contributed by atoms with E-state index < -0.39 is 6.10 Å². The Bertz CT molecular complexity index is 1110. The summed E-state index contributed by atoms with van der Waals surface area (Å²) in [5.41, 5.74) is 2.41. The maximum Gasteiger partial charge on any atom is 0.153 e. The van der Waals surface area contributed by atoms with E-state index in [1.54, 1.807) is 6.20 Å². The molecule has 3 aromatic heterocycles. The topological polar surface area (TPSA) is 114 Å². The average Bonchev–Trinajstić information content (AvgIpc) is 3.25. The summed E-state index contributed by atoms with van der Waals surface area (Å²) in [6, 6.07) is 10.7. The number of H-pyrrole nitrogens is 1. The van der Waals surface area contributed by atoms with Gasteiger partial charge >= 0.3 is 0 Å². The van der Waals surface area contributed by atoms with Gasteiger partial charge in [-0.15, -0.1) is 0 Å². The number of nitrogens with one attached hydrogen (secondary N) is 2. The monoisotopic (exact) mass is 447 g/mol. The van der Waals surface area contributed by atoms with E-state index in [2.05, 4.69) is 45.3 Å². The molecule has 0 spiro atoms. The van der Waals surface area contributed by atoms with E-state index in [1.165, 1.54) is 0 Å². The van der Waals surface area contributed by atoms with E-state index in [1.807, 2.05) is 31.2 Å². The van der Waals surface area contributed by atoms with Gasteiger partial charge < -0.3 is 10.4 Å². The van der Waals surface area contributed by atoms with Crippen molar-refractivity contribution in [2.45, 2.75) is 71.1 Å². The van der Waals surface area contributed by atoms with Crippen LogP contribution in [-0.2, 0) is 0 Å². The average molecular weight is 448 g/mol. The number of hydrogen-bond donors (Lipinski definition) is 3. The number of likely N-dealkylation sites (tertiary alicyclic amines) is 1. The highest BCUT2D eigenvalue weighted by atomic mass is 16.3. The normalized spacial score (nSPS) is 22.2. The number of aromatic amines is 1. The fraction of sp³-hybridized carbons (Fsp3) is 0.520. The number of aromatic nitrogens is 4. The first-order chi connectivity index (χ1) is 16.0. The Morgan fingerprint density at radius 2 is 2.00 bits per heavy atom. The van der Waals surface area contributed by atoms with Crippen molar-refractivity contribution in [3.05, 3.63) is 41.9 Å². The zero-order valence-electron chi connectivity index (χ0n) is 19.6. The highest BCUT2D eigenvalue weighted by Gasteiger charge is 2.38. The molecule has 3 atom stereocenters. The molecule has 0 amide bonds. The second-order valence-electron chi connectivity index (χ2n) is 8.97. The van der Waals surface area contributed by atoms with Crippen LogP contribution in [0.5, 0.6) is 0 Å². The standard InChI is InChI=1S/C25H33N7O/c1-4-18-13-17(14-19(5-2)32(18)11-7-9-26)25(33)24-20-8-6-10-27-21(20)15-22(29-24)28-23-12-16(3)30-31-23/h6,8,10,12,15,17-19,25,33H,4-5,7,11,13-14H2,1-3H3,(H2,28,29,30,31). The van der Waals surface area contributed by atoms with Crippen molar-refractivity contribution in [1.82, 2.24) is 25.1 Å². The SMILES string of the molecule is CCC1CC(C(O)c2nc(Nc3cc(C)[nH]n3)cc3ncccc23)CC(CC)N1CCC#N. The molecular weight excluding hydrogens is 414 g/mol. The maximum atomic E-state index is 11.6. The van der Waals surface area contributed by atoms with Crippen LogP contribution in [0.3, 0.4) is 0 Å². The van der Waals surface area contributed by atoms with Crippen LogP contribution in [0.25, 0.3) is 10.9 Å². The summed E-state index contributed by atoms with van der Waals surface area (Å²) in [6.45, 7) is 7.13. The number of piperidine rings is 1. The lowest BCUT2D eigenvalue weighted by atomic mass is 9.79. The van der Waals surface area contributed by atoms with Crippen molar-refractivity contribution in [2.75, 3.05) is 11.9 Å². The van der Waals surface area contributed by atoms with E-state index >= 15 is 0 Å². The Morgan fingerprint density at radius 1 is 1.24 bits per heavy atom. The summed E-state index contributed by atoms with van der Waals surface area (Å²) in [5.74, 6) is 1.39. The van der Waals surface area contributed by atoms with Crippen LogP contribution in [0.1, 0.15) is 63.4 Å². The van der Waals surface area contributed by atoms with Gasteiger partial charge in [0.25, 0.3) is 0 Å². The number of fused-ring (bicyclic) bond motifs is 1. The lowest BCUT2D eigenvalue weighted by Crippen LogP contribution is -2.50. The fourth-order valence-electron chi connectivity index (χ4n) is 5.20. The van der Waals surface area contributed by atoms with Crippen LogP contribution in [0.15, 0.2) is 30.5 Å². The van der Waals surface area contributed by atoms with Crippen molar-refractivity contribution >= 4 is 22.5 Å². The van der Waals surface area contributed by atoms with E-state index in [9.17, 15) is 5.11 Å². The maximum absolute atomic E-state index is 11.6. The third-order valence-electron chi connectivity index (χ3n) is 6.83. The zero-order valence-corrected chi connectivity index (χ0v) is 19.6. The summed E-state index contributed by atoms with van der Waals surface area (Å²) in [7, 11) is 0. The van der Waals surface area contributed by atoms with Gasteiger partial charge in [-0.25, -0.2) is 4.98 Å². The fourth-order valence-corrected chi connectivity index (χ4v) is 5.20. The molecule has 0 saturated carbocycles. The van der Waals surface area contributed by atoms with Gasteiger partial charge in [-0.1, -0.05) is 13.8 Å². The summed E-state index contributed by atoms with van der Waals surface area (Å²) < 4.78 is 0. The minimum Gasteiger partial charge on any atom is -0.386 e. The van der Waals surface area contributed by atoms with Gasteiger partial charge in [0.05, 0.1) is 23.4 Å². The molecule has 0 radical (unpaired) electrons. The molecule has 1 aliphatic heterocycles. The first-order valence-electron chi connectivity index (χ1n) is 11.9. The van der Waals surface area contributed by atoms with Crippen molar-refractivity contribution in [1.29, 1.82) is 5.26 Å². The minimum absolute atomic E-state index is 0.0945. The molecular formula is C25H33N7O. The van der Waals surface area contributed by atoms with Gasteiger partial charge in [-0.3, -0.25) is 15.0 Å². The Kier molecular flexibility index (Phi) is 7.21. The van der Waals surface area contributed by atoms with Gasteiger partial charge in [0.15, 0.2) is 5.82 Å². The van der Waals surface area contributed by atoms with Gasteiger partial charge in [0.2, 0.25) is 0 Å². The number of anilines is 2. The van der Waals surface area contributed by atoms with E-state index in [-0.39, 0.29) is 5.92 Å². The summed E-state index contributed by atoms with van der Waals surface area (Å²) in [4.78, 5) is 11.8. The summed E-state index contributed by atoms with van der Waals surface area (Å²) >= 11 is 0. The predicted molar refractivity (Wildman–Crippen MR) is 129 cm³/mol. The molecule has 4 rings (SSSR count). The van der Waals surface area contributed by atoms with Crippen molar-refractivity contribution < 1.29 is 5.11 Å². The quantitative estimate of drug-likeness (QED) is 0.461. The number of aliphatic hydroxyl groups is 1. The number of nitrogens with zero attached hydrogens (tertiary/aromatic N) is 5. The van der Waals surface area contributed by atoms with Gasteiger partial charge in [0.1, 0.15) is 5.82 Å². The Balaban J connectivity index is 1.65. The Hall–Kier alpha value is -3.02. The lowest BCUT2D eigenvalue weighted by Gasteiger charge is -2.46. The van der Waals surface area contributed by atoms with E-state index in [0.717, 1.165) is 48.8 Å². The third-order valence-corrected chi connectivity index (χ3v) is 6.83. The number of hydrogen-bond acceptors (Lipinski definition) is 7. The molecule has 33 heavy (non-hydrogen) atoms. The number of pyridine rings is 2. The van der Waals surface area contributed by atoms with Crippen LogP contribution in [0, 0.1) is 24.2 Å². The van der Waals surface area contributed by atoms with Gasteiger partial charge in [-0.2, -0.15) is 10.4 Å². The molecule has 8 nitrogen and oxygen atoms in total. The smallest absolute Gasteiger partial charge is 0.153 e. The number of rotatable bonds is 8. The highest BCUT2D eigenvalue weighted by Crippen LogP contribution is 2.40. The zero-order chi connectivity index (χ0) is 23.4. The molecule has 1 fully saturated rings. The second kappa shape index (κ2) is 10.3. The minimum atomic E-state index is -0.694. The molecule has 4 heterocycles. The molecule has 8 heteroatoms. The summed E-state index contributed by atoms with van der Waals surface area (Å²) in [6.07, 6.45) is 5.38. The first-order valence-corrected chi connectivity index (χ1v) is 11.9. The van der Waals surface area contributed by atoms with Crippen LogP contribution in [0.2, 0.25) is 0 Å². The second-order valence-corrected chi connectivity index (χ2v) is 8.97. The van der Waals surface area contributed by atoms with Crippen LogP contribution >= 0.6 is 0 Å². The molecule has 3 aromatic rings. The van der Waals surface area contributed by atoms with Crippen molar-refractivity contribution in [3.8, 4) is 6.07 Å². The molecule has 174 valence electrons.